The summed E-state index contributed by atoms with van der Waals surface area (Å²) in [4.78, 5) is 16.4. The van der Waals surface area contributed by atoms with Crippen molar-refractivity contribution in [3.63, 3.8) is 0 Å². The number of aromatic nitrogens is 1. The number of nitrogens with zero attached hydrogens (tertiary/aromatic N) is 1. The van der Waals surface area contributed by atoms with Gasteiger partial charge in [-0.15, -0.1) is 11.3 Å². The second-order valence-corrected chi connectivity index (χ2v) is 6.67. The van der Waals surface area contributed by atoms with E-state index in [4.69, 9.17) is 23.8 Å². The lowest BCUT2D eigenvalue weighted by molar-refractivity contribution is 0.0977. The number of benzene rings is 2. The second-order valence-electron chi connectivity index (χ2n) is 4.96. The molecule has 2 N–H and O–H groups in total. The van der Waals surface area contributed by atoms with Crippen LogP contribution >= 0.6 is 35.2 Å². The Morgan fingerprint density at radius 2 is 1.96 bits per heavy atom. The van der Waals surface area contributed by atoms with Gasteiger partial charge in [0.2, 0.25) is 0 Å². The maximum absolute atomic E-state index is 13.2. The smallest absolute Gasteiger partial charge is 0.257 e. The minimum atomic E-state index is -0.494. The monoisotopic (exact) mass is 391 g/mol. The number of carbonyl (C=O) groups excluding carboxylic acids is 1. The van der Waals surface area contributed by atoms with Crippen LogP contribution in [0.1, 0.15) is 10.4 Å². The number of thiazole rings is 1. The SMILES string of the molecule is O=C(NC(=S)Nc1nc(-c2ccc(Cl)cc2)cs1)c1cccc(F)c1. The largest absolute Gasteiger partial charge is 0.308 e. The molecule has 3 aromatic rings. The molecular formula is C17H11ClFN3OS2. The van der Waals surface area contributed by atoms with Crippen molar-refractivity contribution < 1.29 is 9.18 Å². The highest BCUT2D eigenvalue weighted by Gasteiger charge is 2.10. The summed E-state index contributed by atoms with van der Waals surface area (Å²) in [7, 11) is 0. The summed E-state index contributed by atoms with van der Waals surface area (Å²) >= 11 is 12.3. The summed E-state index contributed by atoms with van der Waals surface area (Å²) in [6.45, 7) is 0. The molecule has 1 amide bonds. The number of amides is 1. The molecule has 4 nitrogen and oxygen atoms in total. The molecular weight excluding hydrogens is 381 g/mol. The van der Waals surface area contributed by atoms with Crippen molar-refractivity contribution in [2.24, 2.45) is 0 Å². The van der Waals surface area contributed by atoms with Crippen molar-refractivity contribution in [2.45, 2.75) is 0 Å². The first-order chi connectivity index (χ1) is 12.0. The molecule has 0 fully saturated rings. The average Bonchev–Trinajstić information content (AvgIpc) is 3.03. The zero-order valence-corrected chi connectivity index (χ0v) is 15.0. The Labute approximate surface area is 157 Å². The van der Waals surface area contributed by atoms with Crippen LogP contribution in [0.25, 0.3) is 11.3 Å². The lowest BCUT2D eigenvalue weighted by Gasteiger charge is -2.07. The van der Waals surface area contributed by atoms with Crippen LogP contribution in [0.3, 0.4) is 0 Å². The normalized spacial score (nSPS) is 10.3. The Morgan fingerprint density at radius 3 is 2.68 bits per heavy atom. The van der Waals surface area contributed by atoms with E-state index in [1.807, 2.05) is 17.5 Å². The molecule has 0 unspecified atom stereocenters. The zero-order valence-electron chi connectivity index (χ0n) is 12.6. The molecule has 2 aromatic carbocycles. The minimum Gasteiger partial charge on any atom is -0.308 e. The van der Waals surface area contributed by atoms with Crippen LogP contribution < -0.4 is 10.6 Å². The Morgan fingerprint density at radius 1 is 1.20 bits per heavy atom. The topological polar surface area (TPSA) is 54.0 Å². The minimum absolute atomic E-state index is 0.0891. The highest BCUT2D eigenvalue weighted by Crippen LogP contribution is 2.25. The third kappa shape index (κ3) is 4.60. The van der Waals surface area contributed by atoms with Crippen LogP contribution in [0.15, 0.2) is 53.9 Å². The van der Waals surface area contributed by atoms with Gasteiger partial charge in [0.1, 0.15) is 5.82 Å². The van der Waals surface area contributed by atoms with Crippen LogP contribution in [-0.2, 0) is 0 Å². The molecule has 0 radical (unpaired) electrons. The predicted octanol–water partition coefficient (Wildman–Crippen LogP) is 4.73. The van der Waals surface area contributed by atoms with Crippen molar-refractivity contribution in [3.05, 3.63) is 70.3 Å². The van der Waals surface area contributed by atoms with Crippen molar-refractivity contribution >= 4 is 51.3 Å². The lowest BCUT2D eigenvalue weighted by atomic mass is 10.2. The van der Waals surface area contributed by atoms with E-state index in [1.54, 1.807) is 12.1 Å². The van der Waals surface area contributed by atoms with Gasteiger partial charge in [-0.05, 0) is 42.5 Å². The van der Waals surface area contributed by atoms with Gasteiger partial charge in [0.25, 0.3) is 5.91 Å². The van der Waals surface area contributed by atoms with Gasteiger partial charge in [0.05, 0.1) is 5.69 Å². The van der Waals surface area contributed by atoms with Crippen molar-refractivity contribution in [1.29, 1.82) is 0 Å². The molecule has 0 saturated carbocycles. The zero-order chi connectivity index (χ0) is 17.8. The number of nitrogens with one attached hydrogen (secondary N) is 2. The van der Waals surface area contributed by atoms with E-state index in [0.717, 1.165) is 17.3 Å². The van der Waals surface area contributed by atoms with E-state index in [1.165, 1.54) is 29.5 Å². The van der Waals surface area contributed by atoms with E-state index in [9.17, 15) is 9.18 Å². The molecule has 25 heavy (non-hydrogen) atoms. The van der Waals surface area contributed by atoms with Crippen LogP contribution in [0.4, 0.5) is 9.52 Å². The van der Waals surface area contributed by atoms with Gasteiger partial charge in [-0.25, -0.2) is 9.37 Å². The first-order valence-electron chi connectivity index (χ1n) is 7.10. The fourth-order valence-electron chi connectivity index (χ4n) is 2.02. The molecule has 1 aromatic heterocycles. The van der Waals surface area contributed by atoms with Crippen molar-refractivity contribution in [3.8, 4) is 11.3 Å². The number of thiocarbonyl (C=S) groups is 1. The number of hydrogen-bond acceptors (Lipinski definition) is 4. The van der Waals surface area contributed by atoms with Gasteiger partial charge in [-0.2, -0.15) is 0 Å². The lowest BCUT2D eigenvalue weighted by Crippen LogP contribution is -2.34. The highest BCUT2D eigenvalue weighted by atomic mass is 35.5. The summed E-state index contributed by atoms with van der Waals surface area (Å²) in [6.07, 6.45) is 0. The fraction of sp³-hybridized carbons (Fsp3) is 0. The Bertz CT molecular complexity index is 928. The molecule has 0 aliphatic rings. The molecule has 0 saturated heterocycles. The second kappa shape index (κ2) is 7.69. The van der Waals surface area contributed by atoms with Crippen molar-refractivity contribution in [1.82, 2.24) is 10.3 Å². The quantitative estimate of drug-likeness (QED) is 0.634. The van der Waals surface area contributed by atoms with E-state index < -0.39 is 11.7 Å². The van der Waals surface area contributed by atoms with Crippen LogP contribution in [-0.4, -0.2) is 16.0 Å². The molecule has 0 aliphatic carbocycles. The number of carbonyl (C=O) groups is 1. The maximum atomic E-state index is 13.2. The summed E-state index contributed by atoms with van der Waals surface area (Å²) in [6, 6.07) is 12.7. The molecule has 0 bridgehead atoms. The first-order valence-corrected chi connectivity index (χ1v) is 8.77. The third-order valence-corrected chi connectivity index (χ3v) is 4.39. The van der Waals surface area contributed by atoms with E-state index in [2.05, 4.69) is 15.6 Å². The van der Waals surface area contributed by atoms with Gasteiger partial charge in [0.15, 0.2) is 10.2 Å². The molecule has 0 atom stereocenters. The molecule has 0 aliphatic heterocycles. The Hall–Kier alpha value is -2.35. The third-order valence-electron chi connectivity index (χ3n) is 3.18. The number of anilines is 1. The standard InChI is InChI=1S/C17H11ClFN3OS2/c18-12-6-4-10(5-7-12)14-9-25-17(20-14)22-16(24)21-15(23)11-2-1-3-13(19)8-11/h1-9H,(H2,20,21,22,23,24). The molecule has 126 valence electrons. The summed E-state index contributed by atoms with van der Waals surface area (Å²) in [5.74, 6) is -0.981. The first kappa shape index (κ1) is 17.5. The van der Waals surface area contributed by atoms with Gasteiger partial charge in [-0.3, -0.25) is 10.1 Å². The fourth-order valence-corrected chi connectivity index (χ4v) is 3.12. The van der Waals surface area contributed by atoms with Crippen LogP contribution in [0.2, 0.25) is 5.02 Å². The Balaban J connectivity index is 1.63. The summed E-state index contributed by atoms with van der Waals surface area (Å²) in [5.41, 5.74) is 1.87. The number of hydrogen-bond donors (Lipinski definition) is 2. The molecule has 1 heterocycles. The molecule has 3 rings (SSSR count). The van der Waals surface area contributed by atoms with Crippen molar-refractivity contribution in [2.75, 3.05) is 5.32 Å². The predicted molar refractivity (Wildman–Crippen MR) is 103 cm³/mol. The van der Waals surface area contributed by atoms with E-state index in [0.29, 0.717) is 10.2 Å². The molecule has 8 heteroatoms. The number of rotatable bonds is 3. The maximum Gasteiger partial charge on any atom is 0.257 e. The van der Waals surface area contributed by atoms with Gasteiger partial charge < -0.3 is 5.32 Å². The van der Waals surface area contributed by atoms with Crippen LogP contribution in [0.5, 0.6) is 0 Å². The molecule has 0 spiro atoms. The van der Waals surface area contributed by atoms with Gasteiger partial charge in [-0.1, -0.05) is 29.8 Å². The summed E-state index contributed by atoms with van der Waals surface area (Å²) < 4.78 is 13.2. The number of halogens is 2. The summed E-state index contributed by atoms with van der Waals surface area (Å²) in [5, 5.41) is 8.48. The van der Waals surface area contributed by atoms with Gasteiger partial charge >= 0.3 is 0 Å². The van der Waals surface area contributed by atoms with E-state index in [-0.39, 0.29) is 10.7 Å². The highest BCUT2D eigenvalue weighted by molar-refractivity contribution is 7.80. The van der Waals surface area contributed by atoms with E-state index >= 15 is 0 Å². The Kier molecular flexibility index (Phi) is 5.37. The average molecular weight is 392 g/mol. The van der Waals surface area contributed by atoms with Crippen LogP contribution in [0, 0.1) is 5.82 Å². The van der Waals surface area contributed by atoms with Gasteiger partial charge in [0, 0.05) is 21.5 Å².